The van der Waals surface area contributed by atoms with Crippen LogP contribution in [-0.4, -0.2) is 22.9 Å². The van der Waals surface area contributed by atoms with E-state index in [0.29, 0.717) is 17.2 Å². The van der Waals surface area contributed by atoms with Crippen LogP contribution in [0.3, 0.4) is 0 Å². The first-order valence-corrected chi connectivity index (χ1v) is 6.38. The molecule has 2 aromatic rings. The van der Waals surface area contributed by atoms with Gasteiger partial charge in [-0.25, -0.2) is 16.0 Å². The minimum atomic E-state index is -0.125. The van der Waals surface area contributed by atoms with E-state index in [0.717, 1.165) is 0 Å². The van der Waals surface area contributed by atoms with Crippen LogP contribution in [0.1, 0.15) is 21.6 Å². The van der Waals surface area contributed by atoms with Crippen molar-refractivity contribution in [2.75, 3.05) is 0 Å². The number of hydrazone groups is 2. The summed E-state index contributed by atoms with van der Waals surface area (Å²) in [5.41, 5.74) is 15.0. The summed E-state index contributed by atoms with van der Waals surface area (Å²) in [6.07, 6.45) is 0.556. The van der Waals surface area contributed by atoms with Crippen molar-refractivity contribution in [3.8, 4) is 0 Å². The minimum absolute atomic E-state index is 0.115. The van der Waals surface area contributed by atoms with Crippen LogP contribution < -0.4 is 11.7 Å². The summed E-state index contributed by atoms with van der Waals surface area (Å²) in [7, 11) is 0. The van der Waals surface area contributed by atoms with Gasteiger partial charge in [0.05, 0.1) is 10.5 Å². The highest BCUT2D eigenvalue weighted by Gasteiger charge is 2.15. The third-order valence-corrected chi connectivity index (χ3v) is 3.30. The van der Waals surface area contributed by atoms with Crippen molar-refractivity contribution in [3.05, 3.63) is 40.0 Å². The number of hydrogen-bond donors (Lipinski definition) is 4. The molecule has 0 saturated heterocycles. The Balaban J connectivity index is 2.82. The quantitative estimate of drug-likeness (QED) is 0.168. The maximum Gasteiger partial charge on any atom is 0.218 e. The average molecular weight is 332 g/mol. The maximum atomic E-state index is 11.3. The van der Waals surface area contributed by atoms with E-state index in [1.165, 1.54) is 18.2 Å². The summed E-state index contributed by atoms with van der Waals surface area (Å²) in [6.45, 7) is 0. The first kappa shape index (κ1) is 16.1. The molecule has 0 radical (unpaired) electrons. The first-order valence-electron chi connectivity index (χ1n) is 6.00. The molecule has 2 rings (SSSR count). The molecule has 0 aliphatic heterocycles. The van der Waals surface area contributed by atoms with Gasteiger partial charge in [-0.2, -0.15) is 10.2 Å². The molecule has 0 spiro atoms. The molecule has 1 aromatic heterocycles. The molecule has 23 heavy (non-hydrogen) atoms. The Morgan fingerprint density at radius 3 is 2.30 bits per heavy atom. The van der Waals surface area contributed by atoms with Crippen LogP contribution in [0.4, 0.5) is 0 Å². The molecule has 11 heteroatoms. The van der Waals surface area contributed by atoms with Crippen LogP contribution in [0.5, 0.6) is 0 Å². The molecule has 1 heterocycles. The van der Waals surface area contributed by atoms with Gasteiger partial charge in [-0.1, -0.05) is 11.6 Å². The Morgan fingerprint density at radius 2 is 1.78 bits per heavy atom. The lowest BCUT2D eigenvalue weighted by atomic mass is 10.0. The van der Waals surface area contributed by atoms with Crippen molar-refractivity contribution in [3.63, 3.8) is 0 Å². The molecule has 6 N–H and O–H groups in total. The Kier molecular flexibility index (Phi) is 4.66. The number of nitrogens with two attached hydrogens (primary N) is 2. The van der Waals surface area contributed by atoms with E-state index < -0.39 is 0 Å². The van der Waals surface area contributed by atoms with Gasteiger partial charge in [-0.3, -0.25) is 4.79 Å². The van der Waals surface area contributed by atoms with Gasteiger partial charge in [0.25, 0.3) is 0 Å². The Hall–Kier alpha value is -3.27. The second-order valence-corrected chi connectivity index (χ2v) is 4.60. The third-order valence-electron chi connectivity index (χ3n) is 2.98. The highest BCUT2D eigenvalue weighted by Crippen LogP contribution is 2.27. The van der Waals surface area contributed by atoms with Crippen molar-refractivity contribution >= 4 is 40.5 Å². The zero-order valence-electron chi connectivity index (χ0n) is 11.5. The fourth-order valence-corrected chi connectivity index (χ4v) is 2.22. The fraction of sp³-hybridized carbons (Fsp3) is 0. The van der Waals surface area contributed by atoms with Gasteiger partial charge in [-0.05, 0) is 18.2 Å². The highest BCUT2D eigenvalue weighted by molar-refractivity contribution is 6.36. The Morgan fingerprint density at radius 1 is 1.13 bits per heavy atom. The average Bonchev–Trinajstić information content (AvgIpc) is 2.57. The number of pyridine rings is 1. The van der Waals surface area contributed by atoms with E-state index in [9.17, 15) is 4.79 Å². The van der Waals surface area contributed by atoms with E-state index in [4.69, 9.17) is 34.3 Å². The predicted octanol–water partition coefficient (Wildman–Crippen LogP) is 2.00. The number of aromatic nitrogens is 1. The van der Waals surface area contributed by atoms with Gasteiger partial charge in [0.15, 0.2) is 6.29 Å². The lowest BCUT2D eigenvalue weighted by Crippen LogP contribution is -2.07. The second-order valence-electron chi connectivity index (χ2n) is 4.19. The van der Waals surface area contributed by atoms with Crippen molar-refractivity contribution in [2.45, 2.75) is 0 Å². The lowest BCUT2D eigenvalue weighted by molar-refractivity contribution is 0.112. The third kappa shape index (κ3) is 2.87. The van der Waals surface area contributed by atoms with Crippen molar-refractivity contribution in [2.24, 2.45) is 32.1 Å². The van der Waals surface area contributed by atoms with Crippen LogP contribution in [0.2, 0.25) is 5.02 Å². The summed E-state index contributed by atoms with van der Waals surface area (Å²) in [4.78, 5) is 15.5. The number of fused-ring (bicyclic) bond motifs is 1. The number of halogens is 1. The summed E-state index contributed by atoms with van der Waals surface area (Å²) >= 11 is 6.20. The topological polar surface area (TPSA) is 179 Å². The van der Waals surface area contributed by atoms with Crippen LogP contribution in [-0.2, 0) is 0 Å². The number of carbonyl (C=O) groups excluding carboxylic acids is 1. The van der Waals surface area contributed by atoms with Crippen LogP contribution in [0.25, 0.3) is 10.9 Å². The molecule has 0 bridgehead atoms. The minimum Gasteiger partial charge on any atom is -0.321 e. The number of nitrogens with zero attached hydrogens (tertiary/aromatic N) is 5. The molecule has 0 aliphatic carbocycles. The van der Waals surface area contributed by atoms with E-state index >= 15 is 0 Å². The SMILES string of the molecule is N=NC(=NN)c1cc(Cl)c2cc(C(N=N)=NN)c(C=O)cc2n1. The zero-order chi connectivity index (χ0) is 17.0. The van der Waals surface area contributed by atoms with Gasteiger partial charge in [0.2, 0.25) is 11.7 Å². The van der Waals surface area contributed by atoms with Crippen LogP contribution >= 0.6 is 11.6 Å². The van der Waals surface area contributed by atoms with E-state index in [-0.39, 0.29) is 33.5 Å². The monoisotopic (exact) mass is 331 g/mol. The smallest absolute Gasteiger partial charge is 0.218 e. The van der Waals surface area contributed by atoms with Crippen molar-refractivity contribution < 1.29 is 4.79 Å². The van der Waals surface area contributed by atoms with Gasteiger partial charge in [-0.15, -0.1) is 10.2 Å². The maximum absolute atomic E-state index is 11.3. The molecule has 116 valence electrons. The Labute approximate surface area is 134 Å². The van der Waals surface area contributed by atoms with Crippen molar-refractivity contribution in [1.29, 1.82) is 11.1 Å². The zero-order valence-corrected chi connectivity index (χ0v) is 12.2. The van der Waals surface area contributed by atoms with E-state index in [1.807, 2.05) is 0 Å². The second kappa shape index (κ2) is 6.66. The highest BCUT2D eigenvalue weighted by atomic mass is 35.5. The molecule has 0 fully saturated rings. The van der Waals surface area contributed by atoms with Crippen LogP contribution in [0.15, 0.2) is 38.6 Å². The van der Waals surface area contributed by atoms with E-state index in [2.05, 4.69) is 25.4 Å². The molecule has 10 nitrogen and oxygen atoms in total. The van der Waals surface area contributed by atoms with Gasteiger partial charge < -0.3 is 11.7 Å². The molecule has 0 amide bonds. The van der Waals surface area contributed by atoms with Gasteiger partial charge in [0, 0.05) is 16.5 Å². The molecule has 0 unspecified atom stereocenters. The number of amidine groups is 2. The number of aldehydes is 1. The number of nitrogens with one attached hydrogen (secondary N) is 2. The fourth-order valence-electron chi connectivity index (χ4n) is 1.96. The number of hydrogen-bond acceptors (Lipinski definition) is 8. The molecule has 0 saturated carbocycles. The Bertz CT molecular complexity index is 874. The summed E-state index contributed by atoms with van der Waals surface area (Å²) in [5.74, 6) is 10.1. The van der Waals surface area contributed by atoms with Crippen LogP contribution in [0, 0.1) is 11.1 Å². The number of carbonyl (C=O) groups is 1. The van der Waals surface area contributed by atoms with E-state index in [1.54, 1.807) is 0 Å². The molecule has 0 aliphatic rings. The normalized spacial score (nSPS) is 12.2. The summed E-state index contributed by atoms with van der Waals surface area (Å²) in [5, 5.41) is 13.7. The lowest BCUT2D eigenvalue weighted by Gasteiger charge is -2.08. The van der Waals surface area contributed by atoms with Gasteiger partial charge in [0.1, 0.15) is 5.69 Å². The summed E-state index contributed by atoms with van der Waals surface area (Å²) < 4.78 is 0. The molecule has 0 atom stereocenters. The predicted molar refractivity (Wildman–Crippen MR) is 83.9 cm³/mol. The first-order chi connectivity index (χ1) is 11.1. The largest absolute Gasteiger partial charge is 0.321 e. The van der Waals surface area contributed by atoms with Gasteiger partial charge >= 0.3 is 0 Å². The molecular weight excluding hydrogens is 322 g/mol. The molecule has 1 aromatic carbocycles. The number of benzene rings is 1. The van der Waals surface area contributed by atoms with Crippen molar-refractivity contribution in [1.82, 2.24) is 4.98 Å². The summed E-state index contributed by atoms with van der Waals surface area (Å²) in [6, 6.07) is 4.36. The standard InChI is InChI=1S/C12H10ClN9O/c13-8-3-10(12(21-16)22-17)18-9-1-5(4-23)6(2-7(8)9)11(19-14)20-15/h1-4,14,16H,15,17H2. The number of rotatable bonds is 3. The molecular formula is C12H10ClN9O.